The largest absolute Gasteiger partial charge is 0.359 e. The van der Waals surface area contributed by atoms with Crippen LogP contribution in [0.25, 0.3) is 0 Å². The van der Waals surface area contributed by atoms with Crippen LogP contribution in [0.5, 0.6) is 0 Å². The van der Waals surface area contributed by atoms with Crippen LogP contribution in [0.15, 0.2) is 16.2 Å². The van der Waals surface area contributed by atoms with Crippen molar-refractivity contribution in [3.8, 4) is 0 Å². The lowest BCUT2D eigenvalue weighted by Gasteiger charge is -2.17. The Kier molecular flexibility index (Phi) is 2.11. The van der Waals surface area contributed by atoms with Crippen molar-refractivity contribution in [1.82, 2.24) is 4.90 Å². The molecule has 0 aromatic carbocycles. The lowest BCUT2D eigenvalue weighted by molar-refractivity contribution is 0.496. The summed E-state index contributed by atoms with van der Waals surface area (Å²) in [6.45, 7) is 3.96. The molecule has 0 fully saturated rings. The highest BCUT2D eigenvalue weighted by molar-refractivity contribution is 6.29. The van der Waals surface area contributed by atoms with Crippen LogP contribution in [0.2, 0.25) is 0 Å². The van der Waals surface area contributed by atoms with Crippen molar-refractivity contribution in [1.29, 1.82) is 0 Å². The molecule has 0 spiro atoms. The van der Waals surface area contributed by atoms with Gasteiger partial charge in [0, 0.05) is 13.1 Å². The van der Waals surface area contributed by atoms with Crippen molar-refractivity contribution in [2.45, 2.75) is 6.92 Å². The molecule has 1 rings (SSSR count). The second-order valence-electron chi connectivity index (χ2n) is 1.86. The highest BCUT2D eigenvalue weighted by Crippen LogP contribution is 2.06. The minimum Gasteiger partial charge on any atom is -0.359 e. The topological polar surface area (TPSA) is 15.6 Å². The van der Waals surface area contributed by atoms with E-state index in [1.807, 2.05) is 6.08 Å². The molecule has 0 N–H and O–H groups in total. The summed E-state index contributed by atoms with van der Waals surface area (Å²) in [5, 5.41) is 0.597. The van der Waals surface area contributed by atoms with Crippen LogP contribution in [0.4, 0.5) is 0 Å². The van der Waals surface area contributed by atoms with Crippen molar-refractivity contribution < 1.29 is 0 Å². The summed E-state index contributed by atoms with van der Waals surface area (Å²) in [5.74, 6) is 0. The Balaban J connectivity index is 2.48. The van der Waals surface area contributed by atoms with Crippen LogP contribution in [-0.4, -0.2) is 24.3 Å². The van der Waals surface area contributed by atoms with Crippen molar-refractivity contribution in [3.63, 3.8) is 0 Å². The van der Waals surface area contributed by atoms with Gasteiger partial charge in [-0.05, 0) is 13.0 Å². The number of likely N-dealkylation sites (N-methyl/N-ethyl adjacent to an activating group) is 1. The highest BCUT2D eigenvalue weighted by atomic mass is 35.5. The molecular formula is C6H9ClN2. The molecule has 3 heteroatoms. The molecule has 0 bridgehead atoms. The number of halogens is 1. The van der Waals surface area contributed by atoms with Crippen LogP contribution in [0.1, 0.15) is 6.92 Å². The zero-order valence-electron chi connectivity index (χ0n) is 5.34. The molecule has 0 unspecified atom stereocenters. The third-order valence-electron chi connectivity index (χ3n) is 1.24. The average Bonchev–Trinajstić information content (AvgIpc) is 1.90. The van der Waals surface area contributed by atoms with E-state index in [0.29, 0.717) is 5.16 Å². The molecule has 1 aliphatic rings. The Bertz CT molecular complexity index is 151. The van der Waals surface area contributed by atoms with Gasteiger partial charge in [-0.25, -0.2) is 4.99 Å². The molecule has 50 valence electrons. The van der Waals surface area contributed by atoms with Gasteiger partial charge < -0.3 is 4.90 Å². The lowest BCUT2D eigenvalue weighted by atomic mass is 10.5. The van der Waals surface area contributed by atoms with Gasteiger partial charge in [-0.15, -0.1) is 0 Å². The predicted molar refractivity (Wildman–Crippen MR) is 39.7 cm³/mol. The Morgan fingerprint density at radius 1 is 1.89 bits per heavy atom. The normalized spacial score (nSPS) is 18.0. The maximum atomic E-state index is 5.58. The SMILES string of the molecule is CCN1C=NC(Cl)=CC1. The zero-order chi connectivity index (χ0) is 6.69. The summed E-state index contributed by atoms with van der Waals surface area (Å²) in [6, 6.07) is 0. The van der Waals surface area contributed by atoms with Gasteiger partial charge in [-0.2, -0.15) is 0 Å². The molecule has 1 heterocycles. The van der Waals surface area contributed by atoms with E-state index in [1.165, 1.54) is 0 Å². The third-order valence-corrected chi connectivity index (χ3v) is 1.50. The third kappa shape index (κ3) is 1.72. The van der Waals surface area contributed by atoms with E-state index in [2.05, 4.69) is 16.8 Å². The van der Waals surface area contributed by atoms with E-state index < -0.39 is 0 Å². The summed E-state index contributed by atoms with van der Waals surface area (Å²) in [7, 11) is 0. The molecule has 9 heavy (non-hydrogen) atoms. The van der Waals surface area contributed by atoms with Gasteiger partial charge in [0.15, 0.2) is 0 Å². The van der Waals surface area contributed by atoms with E-state index in [1.54, 1.807) is 6.34 Å². The van der Waals surface area contributed by atoms with Gasteiger partial charge in [0.1, 0.15) is 5.16 Å². The van der Waals surface area contributed by atoms with Gasteiger partial charge >= 0.3 is 0 Å². The average molecular weight is 145 g/mol. The maximum Gasteiger partial charge on any atom is 0.128 e. The van der Waals surface area contributed by atoms with Gasteiger partial charge in [-0.1, -0.05) is 11.6 Å². The fourth-order valence-corrected chi connectivity index (χ4v) is 0.753. The fourth-order valence-electron chi connectivity index (χ4n) is 0.640. The van der Waals surface area contributed by atoms with E-state index in [9.17, 15) is 0 Å². The molecule has 0 saturated heterocycles. The van der Waals surface area contributed by atoms with E-state index in [4.69, 9.17) is 11.6 Å². The van der Waals surface area contributed by atoms with E-state index in [0.717, 1.165) is 13.1 Å². The van der Waals surface area contributed by atoms with Crippen molar-refractivity contribution >= 4 is 17.9 Å². The van der Waals surface area contributed by atoms with Gasteiger partial charge in [0.25, 0.3) is 0 Å². The van der Waals surface area contributed by atoms with Crippen molar-refractivity contribution in [2.75, 3.05) is 13.1 Å². The number of nitrogens with zero attached hydrogens (tertiary/aromatic N) is 2. The molecule has 0 saturated carbocycles. The Labute approximate surface area is 59.8 Å². The molecule has 0 aromatic heterocycles. The van der Waals surface area contributed by atoms with Gasteiger partial charge in [-0.3, -0.25) is 0 Å². The van der Waals surface area contributed by atoms with Crippen LogP contribution >= 0.6 is 11.6 Å². The minimum absolute atomic E-state index is 0.597. The summed E-state index contributed by atoms with van der Waals surface area (Å²) in [6.07, 6.45) is 3.66. The van der Waals surface area contributed by atoms with Crippen LogP contribution in [0, 0.1) is 0 Å². The number of hydrogen-bond donors (Lipinski definition) is 0. The molecule has 1 aliphatic heterocycles. The Hall–Kier alpha value is -0.500. The molecular weight excluding hydrogens is 136 g/mol. The first-order valence-electron chi connectivity index (χ1n) is 2.97. The molecule has 0 radical (unpaired) electrons. The minimum atomic E-state index is 0.597. The quantitative estimate of drug-likeness (QED) is 0.509. The van der Waals surface area contributed by atoms with Crippen LogP contribution in [-0.2, 0) is 0 Å². The Morgan fingerprint density at radius 2 is 2.67 bits per heavy atom. The summed E-state index contributed by atoms with van der Waals surface area (Å²) < 4.78 is 0. The van der Waals surface area contributed by atoms with Crippen LogP contribution in [0.3, 0.4) is 0 Å². The molecule has 0 aliphatic carbocycles. The standard InChI is InChI=1S/C6H9ClN2/c1-2-9-4-3-6(7)8-5-9/h3,5H,2,4H2,1H3. The molecule has 0 aromatic rings. The van der Waals surface area contributed by atoms with Crippen LogP contribution < -0.4 is 0 Å². The van der Waals surface area contributed by atoms with Gasteiger partial charge in [0.05, 0.1) is 6.34 Å². The molecule has 2 nitrogen and oxygen atoms in total. The number of hydrogen-bond acceptors (Lipinski definition) is 2. The monoisotopic (exact) mass is 144 g/mol. The molecule has 0 amide bonds. The first-order valence-corrected chi connectivity index (χ1v) is 3.34. The zero-order valence-corrected chi connectivity index (χ0v) is 6.10. The fraction of sp³-hybridized carbons (Fsp3) is 0.500. The lowest BCUT2D eigenvalue weighted by Crippen LogP contribution is -2.23. The number of rotatable bonds is 1. The molecule has 0 atom stereocenters. The summed E-state index contributed by atoms with van der Waals surface area (Å²) >= 11 is 5.58. The van der Waals surface area contributed by atoms with E-state index in [-0.39, 0.29) is 0 Å². The smallest absolute Gasteiger partial charge is 0.128 e. The summed E-state index contributed by atoms with van der Waals surface area (Å²) in [5.41, 5.74) is 0. The predicted octanol–water partition coefficient (Wildman–Crippen LogP) is 1.43. The first kappa shape index (κ1) is 6.62. The Morgan fingerprint density at radius 3 is 3.11 bits per heavy atom. The first-order chi connectivity index (χ1) is 4.33. The maximum absolute atomic E-state index is 5.58. The van der Waals surface area contributed by atoms with Crippen molar-refractivity contribution in [2.24, 2.45) is 4.99 Å². The van der Waals surface area contributed by atoms with E-state index >= 15 is 0 Å². The van der Waals surface area contributed by atoms with Gasteiger partial charge in [0.2, 0.25) is 0 Å². The second kappa shape index (κ2) is 2.87. The van der Waals surface area contributed by atoms with Crippen molar-refractivity contribution in [3.05, 3.63) is 11.2 Å². The second-order valence-corrected chi connectivity index (χ2v) is 2.25. The summed E-state index contributed by atoms with van der Waals surface area (Å²) in [4.78, 5) is 5.98. The number of aliphatic imine (C=N–C) groups is 1. The highest BCUT2D eigenvalue weighted by Gasteiger charge is 1.99.